The molecule has 0 aromatic heterocycles. The van der Waals surface area contributed by atoms with Crippen molar-refractivity contribution in [1.82, 2.24) is 0 Å². The number of benzene rings is 2. The van der Waals surface area contributed by atoms with Crippen molar-refractivity contribution in [2.24, 2.45) is 0 Å². The van der Waals surface area contributed by atoms with Gasteiger partial charge in [-0.25, -0.2) is 8.42 Å². The molecule has 19 heavy (non-hydrogen) atoms. The van der Waals surface area contributed by atoms with Crippen molar-refractivity contribution in [2.75, 3.05) is 10.5 Å². The monoisotopic (exact) mass is 340 g/mol. The quantitative estimate of drug-likeness (QED) is 0.843. The highest BCUT2D eigenvalue weighted by molar-refractivity contribution is 9.10. The van der Waals surface area contributed by atoms with Crippen LogP contribution in [0.4, 0.5) is 11.4 Å². The second kappa shape index (κ2) is 5.22. The summed E-state index contributed by atoms with van der Waals surface area (Å²) in [5.41, 5.74) is 7.52. The van der Waals surface area contributed by atoms with Gasteiger partial charge in [-0.3, -0.25) is 4.72 Å². The molecule has 0 aliphatic heterocycles. The lowest BCUT2D eigenvalue weighted by molar-refractivity contribution is 0.600. The van der Waals surface area contributed by atoms with E-state index in [1.165, 1.54) is 6.07 Å². The van der Waals surface area contributed by atoms with E-state index in [1.54, 1.807) is 24.3 Å². The fourth-order valence-electron chi connectivity index (χ4n) is 1.62. The van der Waals surface area contributed by atoms with E-state index in [0.717, 1.165) is 5.56 Å². The van der Waals surface area contributed by atoms with Gasteiger partial charge < -0.3 is 5.73 Å². The van der Waals surface area contributed by atoms with Gasteiger partial charge in [0.25, 0.3) is 10.0 Å². The molecule has 0 spiro atoms. The molecule has 100 valence electrons. The first-order valence-corrected chi connectivity index (χ1v) is 7.81. The lowest BCUT2D eigenvalue weighted by Crippen LogP contribution is -2.14. The van der Waals surface area contributed by atoms with Gasteiger partial charge in [-0.2, -0.15) is 0 Å². The number of nitrogens with two attached hydrogens (primary N) is 1. The number of anilines is 2. The van der Waals surface area contributed by atoms with Gasteiger partial charge in [0, 0.05) is 10.2 Å². The second-order valence-electron chi connectivity index (χ2n) is 4.11. The van der Waals surface area contributed by atoms with Crippen molar-refractivity contribution in [3.63, 3.8) is 0 Å². The first kappa shape index (κ1) is 13.9. The Kier molecular flexibility index (Phi) is 3.82. The Hall–Kier alpha value is -1.53. The van der Waals surface area contributed by atoms with Crippen LogP contribution < -0.4 is 10.5 Å². The molecule has 0 heterocycles. The van der Waals surface area contributed by atoms with E-state index in [4.69, 9.17) is 5.73 Å². The summed E-state index contributed by atoms with van der Waals surface area (Å²) in [6.07, 6.45) is 0. The zero-order valence-electron chi connectivity index (χ0n) is 10.2. The third-order valence-electron chi connectivity index (χ3n) is 2.63. The SMILES string of the molecule is Cc1ccccc1NS(=O)(=O)c1ccc(N)cc1Br. The zero-order chi connectivity index (χ0) is 14.0. The van der Waals surface area contributed by atoms with E-state index < -0.39 is 10.0 Å². The summed E-state index contributed by atoms with van der Waals surface area (Å²) in [6, 6.07) is 11.8. The van der Waals surface area contributed by atoms with Crippen molar-refractivity contribution >= 4 is 37.3 Å². The van der Waals surface area contributed by atoms with Gasteiger partial charge in [0.2, 0.25) is 0 Å². The van der Waals surface area contributed by atoms with Crippen molar-refractivity contribution in [2.45, 2.75) is 11.8 Å². The van der Waals surface area contributed by atoms with Crippen molar-refractivity contribution in [1.29, 1.82) is 0 Å². The van der Waals surface area contributed by atoms with E-state index in [1.807, 2.05) is 19.1 Å². The summed E-state index contributed by atoms with van der Waals surface area (Å²) in [5.74, 6) is 0. The van der Waals surface area contributed by atoms with Gasteiger partial charge in [0.1, 0.15) is 4.90 Å². The summed E-state index contributed by atoms with van der Waals surface area (Å²) in [6.45, 7) is 1.84. The van der Waals surface area contributed by atoms with Crippen LogP contribution in [0.15, 0.2) is 51.8 Å². The molecule has 0 aliphatic rings. The van der Waals surface area contributed by atoms with Crippen LogP contribution in [0.2, 0.25) is 0 Å². The van der Waals surface area contributed by atoms with Crippen LogP contribution in [0.1, 0.15) is 5.56 Å². The summed E-state index contributed by atoms with van der Waals surface area (Å²) in [4.78, 5) is 0.157. The molecule has 2 aromatic carbocycles. The highest BCUT2D eigenvalue weighted by atomic mass is 79.9. The fraction of sp³-hybridized carbons (Fsp3) is 0.0769. The van der Waals surface area contributed by atoms with Gasteiger partial charge in [-0.15, -0.1) is 0 Å². The number of hydrogen-bond donors (Lipinski definition) is 2. The van der Waals surface area contributed by atoms with Crippen molar-refractivity contribution < 1.29 is 8.42 Å². The topological polar surface area (TPSA) is 72.2 Å². The Morgan fingerprint density at radius 3 is 2.47 bits per heavy atom. The van der Waals surface area contributed by atoms with Crippen molar-refractivity contribution in [3.05, 3.63) is 52.5 Å². The fourth-order valence-corrected chi connectivity index (χ4v) is 3.85. The maximum atomic E-state index is 12.3. The minimum atomic E-state index is -3.64. The number of hydrogen-bond acceptors (Lipinski definition) is 3. The van der Waals surface area contributed by atoms with E-state index in [0.29, 0.717) is 15.8 Å². The number of nitrogens with one attached hydrogen (secondary N) is 1. The third-order valence-corrected chi connectivity index (χ3v) is 4.98. The molecule has 0 atom stereocenters. The Balaban J connectivity index is 2.41. The van der Waals surface area contributed by atoms with E-state index in [2.05, 4.69) is 20.7 Å². The first-order valence-electron chi connectivity index (χ1n) is 5.53. The maximum absolute atomic E-state index is 12.3. The predicted octanol–water partition coefficient (Wildman–Crippen LogP) is 3.14. The zero-order valence-corrected chi connectivity index (χ0v) is 12.6. The predicted molar refractivity (Wildman–Crippen MR) is 80.5 cm³/mol. The number of aryl methyl sites for hydroxylation is 1. The average molecular weight is 341 g/mol. The van der Waals surface area contributed by atoms with Gasteiger partial charge >= 0.3 is 0 Å². The van der Waals surface area contributed by atoms with Crippen LogP contribution in [0.25, 0.3) is 0 Å². The summed E-state index contributed by atoms with van der Waals surface area (Å²) in [5, 5.41) is 0. The highest BCUT2D eigenvalue weighted by Gasteiger charge is 2.18. The standard InChI is InChI=1S/C13H13BrN2O2S/c1-9-4-2-3-5-12(9)16-19(17,18)13-7-6-10(15)8-11(13)14/h2-8,16H,15H2,1H3. The van der Waals surface area contributed by atoms with Crippen LogP contribution in [-0.4, -0.2) is 8.42 Å². The molecule has 2 rings (SSSR count). The van der Waals surface area contributed by atoms with Crippen molar-refractivity contribution in [3.8, 4) is 0 Å². The Bertz CT molecular complexity index is 714. The molecule has 0 aliphatic carbocycles. The molecule has 6 heteroatoms. The molecule has 0 saturated heterocycles. The van der Waals surface area contributed by atoms with Crippen LogP contribution in [-0.2, 0) is 10.0 Å². The summed E-state index contributed by atoms with van der Waals surface area (Å²) >= 11 is 3.22. The smallest absolute Gasteiger partial charge is 0.263 e. The van der Waals surface area contributed by atoms with Crippen LogP contribution in [0, 0.1) is 6.92 Å². The minimum Gasteiger partial charge on any atom is -0.399 e. The second-order valence-corrected chi connectivity index (χ2v) is 6.62. The average Bonchev–Trinajstić information content (AvgIpc) is 2.31. The molecule has 0 radical (unpaired) electrons. The van der Waals surface area contributed by atoms with Gasteiger partial charge in [-0.05, 0) is 52.7 Å². The van der Waals surface area contributed by atoms with E-state index >= 15 is 0 Å². The Labute approximate surface area is 120 Å². The Morgan fingerprint density at radius 2 is 1.84 bits per heavy atom. The summed E-state index contributed by atoms with van der Waals surface area (Å²) < 4.78 is 27.6. The first-order chi connectivity index (χ1) is 8.90. The maximum Gasteiger partial charge on any atom is 0.263 e. The number of para-hydroxylation sites is 1. The number of nitrogen functional groups attached to an aromatic ring is 1. The molecule has 3 N–H and O–H groups in total. The largest absolute Gasteiger partial charge is 0.399 e. The molecule has 0 amide bonds. The van der Waals surface area contributed by atoms with Gasteiger partial charge in [0.15, 0.2) is 0 Å². The normalized spacial score (nSPS) is 11.3. The molecule has 4 nitrogen and oxygen atoms in total. The molecule has 0 unspecified atom stereocenters. The number of rotatable bonds is 3. The van der Waals surface area contributed by atoms with E-state index in [9.17, 15) is 8.42 Å². The molecular weight excluding hydrogens is 328 g/mol. The highest BCUT2D eigenvalue weighted by Crippen LogP contribution is 2.26. The van der Waals surface area contributed by atoms with E-state index in [-0.39, 0.29) is 4.90 Å². The van der Waals surface area contributed by atoms with Gasteiger partial charge in [-0.1, -0.05) is 18.2 Å². The lowest BCUT2D eigenvalue weighted by Gasteiger charge is -2.11. The van der Waals surface area contributed by atoms with Gasteiger partial charge in [0.05, 0.1) is 5.69 Å². The molecule has 2 aromatic rings. The summed E-state index contributed by atoms with van der Waals surface area (Å²) in [7, 11) is -3.64. The third kappa shape index (κ3) is 3.08. The van der Waals surface area contributed by atoms with Crippen LogP contribution in [0.3, 0.4) is 0 Å². The molecule has 0 bridgehead atoms. The van der Waals surface area contributed by atoms with Crippen LogP contribution >= 0.6 is 15.9 Å². The molecule has 0 fully saturated rings. The molecule has 0 saturated carbocycles. The number of sulfonamides is 1. The Morgan fingerprint density at radius 1 is 1.16 bits per heavy atom. The minimum absolute atomic E-state index is 0.157. The van der Waals surface area contributed by atoms with Crippen LogP contribution in [0.5, 0.6) is 0 Å². The lowest BCUT2D eigenvalue weighted by atomic mass is 10.2. The molecular formula is C13H13BrN2O2S. The number of halogens is 1.